The Labute approximate surface area is 125 Å². The number of hydrogen-bond donors (Lipinski definition) is 1. The quantitative estimate of drug-likeness (QED) is 0.798. The van der Waals surface area contributed by atoms with E-state index in [0.717, 1.165) is 22.1 Å². The third kappa shape index (κ3) is 2.41. The van der Waals surface area contributed by atoms with Crippen LogP contribution in [-0.4, -0.2) is 14.5 Å². The molecule has 1 atom stereocenters. The minimum atomic E-state index is 0.205. The Balaban J connectivity index is 1.99. The Bertz CT molecular complexity index is 736. The molecule has 4 nitrogen and oxygen atoms in total. The SMILES string of the molecule is CC(Cc1ccccc1)n1c(N)nc2cc(Br)cnc21. The van der Waals surface area contributed by atoms with Crippen LogP contribution in [0.25, 0.3) is 11.2 Å². The fourth-order valence-corrected chi connectivity index (χ4v) is 2.78. The first-order valence-corrected chi connectivity index (χ1v) is 7.27. The third-order valence-corrected chi connectivity index (χ3v) is 3.77. The summed E-state index contributed by atoms with van der Waals surface area (Å²) in [6.45, 7) is 2.13. The number of aromatic nitrogens is 3. The summed E-state index contributed by atoms with van der Waals surface area (Å²) in [4.78, 5) is 8.82. The van der Waals surface area contributed by atoms with Crippen molar-refractivity contribution in [3.05, 3.63) is 52.6 Å². The molecule has 0 bridgehead atoms. The summed E-state index contributed by atoms with van der Waals surface area (Å²) in [7, 11) is 0. The monoisotopic (exact) mass is 330 g/mol. The normalized spacial score (nSPS) is 12.7. The summed E-state index contributed by atoms with van der Waals surface area (Å²) in [5, 5.41) is 0. The minimum absolute atomic E-state index is 0.205. The summed E-state index contributed by atoms with van der Waals surface area (Å²) >= 11 is 3.40. The van der Waals surface area contributed by atoms with Gasteiger partial charge in [0.05, 0.1) is 0 Å². The average Bonchev–Trinajstić information content (AvgIpc) is 2.74. The molecule has 2 heterocycles. The standard InChI is InChI=1S/C15H15BrN4/c1-10(7-11-5-3-2-4-6-11)20-14-13(19-15(20)17)8-12(16)9-18-14/h2-6,8-10H,7H2,1H3,(H2,17,19). The molecule has 0 saturated heterocycles. The Hall–Kier alpha value is -1.88. The largest absolute Gasteiger partial charge is 0.369 e. The van der Waals surface area contributed by atoms with Crippen LogP contribution in [-0.2, 0) is 6.42 Å². The third-order valence-electron chi connectivity index (χ3n) is 3.34. The van der Waals surface area contributed by atoms with Crippen LogP contribution < -0.4 is 5.73 Å². The van der Waals surface area contributed by atoms with Crippen molar-refractivity contribution in [2.24, 2.45) is 0 Å². The van der Waals surface area contributed by atoms with Crippen molar-refractivity contribution in [2.45, 2.75) is 19.4 Å². The molecule has 3 aromatic rings. The first kappa shape index (κ1) is 13.1. The summed E-state index contributed by atoms with van der Waals surface area (Å²) in [5.74, 6) is 0.508. The van der Waals surface area contributed by atoms with Crippen molar-refractivity contribution in [1.82, 2.24) is 14.5 Å². The summed E-state index contributed by atoms with van der Waals surface area (Å²) in [5.41, 5.74) is 8.98. The van der Waals surface area contributed by atoms with Crippen molar-refractivity contribution in [1.29, 1.82) is 0 Å². The van der Waals surface area contributed by atoms with Crippen LogP contribution >= 0.6 is 15.9 Å². The van der Waals surface area contributed by atoms with E-state index < -0.39 is 0 Å². The minimum Gasteiger partial charge on any atom is -0.369 e. The Morgan fingerprint density at radius 2 is 2.05 bits per heavy atom. The van der Waals surface area contributed by atoms with E-state index in [1.807, 2.05) is 28.8 Å². The molecule has 102 valence electrons. The van der Waals surface area contributed by atoms with Gasteiger partial charge in [0.15, 0.2) is 5.65 Å². The number of fused-ring (bicyclic) bond motifs is 1. The number of pyridine rings is 1. The predicted molar refractivity (Wildman–Crippen MR) is 84.5 cm³/mol. The van der Waals surface area contributed by atoms with Gasteiger partial charge in [-0.1, -0.05) is 30.3 Å². The molecule has 20 heavy (non-hydrogen) atoms. The van der Waals surface area contributed by atoms with Crippen molar-refractivity contribution in [3.8, 4) is 0 Å². The van der Waals surface area contributed by atoms with Crippen LogP contribution in [0.4, 0.5) is 5.95 Å². The average molecular weight is 331 g/mol. The number of nitrogens with zero attached hydrogens (tertiary/aromatic N) is 3. The highest BCUT2D eigenvalue weighted by molar-refractivity contribution is 9.10. The van der Waals surface area contributed by atoms with Gasteiger partial charge >= 0.3 is 0 Å². The van der Waals surface area contributed by atoms with Gasteiger partial charge in [-0.2, -0.15) is 0 Å². The summed E-state index contributed by atoms with van der Waals surface area (Å²) in [6.07, 6.45) is 2.67. The molecule has 5 heteroatoms. The van der Waals surface area contributed by atoms with E-state index in [0.29, 0.717) is 5.95 Å². The van der Waals surface area contributed by atoms with Gasteiger partial charge in [0.25, 0.3) is 0 Å². The van der Waals surface area contributed by atoms with E-state index in [2.05, 4.69) is 45.0 Å². The number of halogens is 1. The predicted octanol–water partition coefficient (Wildman–Crippen LogP) is 3.58. The molecule has 0 saturated carbocycles. The van der Waals surface area contributed by atoms with Crippen LogP contribution in [0, 0.1) is 0 Å². The molecule has 3 rings (SSSR count). The Morgan fingerprint density at radius 1 is 1.30 bits per heavy atom. The highest BCUT2D eigenvalue weighted by Gasteiger charge is 2.15. The smallest absolute Gasteiger partial charge is 0.202 e. The molecule has 1 unspecified atom stereocenters. The molecular formula is C15H15BrN4. The fraction of sp³-hybridized carbons (Fsp3) is 0.200. The summed E-state index contributed by atoms with van der Waals surface area (Å²) in [6, 6.07) is 12.5. The molecule has 2 N–H and O–H groups in total. The number of benzene rings is 1. The topological polar surface area (TPSA) is 56.7 Å². The zero-order chi connectivity index (χ0) is 14.1. The van der Waals surface area contributed by atoms with Gasteiger partial charge in [-0.15, -0.1) is 0 Å². The zero-order valence-corrected chi connectivity index (χ0v) is 12.7. The molecule has 0 aliphatic carbocycles. The van der Waals surface area contributed by atoms with Gasteiger partial charge in [0, 0.05) is 16.7 Å². The number of anilines is 1. The lowest BCUT2D eigenvalue weighted by atomic mass is 10.1. The maximum absolute atomic E-state index is 6.05. The highest BCUT2D eigenvalue weighted by Crippen LogP contribution is 2.25. The van der Waals surface area contributed by atoms with Crippen LogP contribution in [0.3, 0.4) is 0 Å². The zero-order valence-electron chi connectivity index (χ0n) is 11.1. The van der Waals surface area contributed by atoms with Crippen LogP contribution in [0.2, 0.25) is 0 Å². The van der Waals surface area contributed by atoms with E-state index in [1.54, 1.807) is 6.20 Å². The lowest BCUT2D eigenvalue weighted by Gasteiger charge is -2.15. The second-order valence-corrected chi connectivity index (χ2v) is 5.79. The molecule has 0 radical (unpaired) electrons. The number of imidazole rings is 1. The molecule has 0 amide bonds. The second-order valence-electron chi connectivity index (χ2n) is 4.88. The lowest BCUT2D eigenvalue weighted by Crippen LogP contribution is -2.11. The van der Waals surface area contributed by atoms with Crippen molar-refractivity contribution in [3.63, 3.8) is 0 Å². The van der Waals surface area contributed by atoms with Gasteiger partial charge in [-0.3, -0.25) is 4.57 Å². The molecule has 0 aliphatic heterocycles. The molecule has 1 aromatic carbocycles. The molecule has 0 fully saturated rings. The van der Waals surface area contributed by atoms with E-state index in [1.165, 1.54) is 5.56 Å². The van der Waals surface area contributed by atoms with Gasteiger partial charge in [0.1, 0.15) is 5.52 Å². The highest BCUT2D eigenvalue weighted by atomic mass is 79.9. The Morgan fingerprint density at radius 3 is 2.80 bits per heavy atom. The number of hydrogen-bond acceptors (Lipinski definition) is 3. The van der Waals surface area contributed by atoms with E-state index >= 15 is 0 Å². The van der Waals surface area contributed by atoms with Crippen molar-refractivity contribution < 1.29 is 0 Å². The van der Waals surface area contributed by atoms with Gasteiger partial charge < -0.3 is 5.73 Å². The first-order chi connectivity index (χ1) is 9.65. The lowest BCUT2D eigenvalue weighted by molar-refractivity contribution is 0.563. The van der Waals surface area contributed by atoms with E-state index in [4.69, 9.17) is 5.73 Å². The molecule has 2 aromatic heterocycles. The van der Waals surface area contributed by atoms with Gasteiger partial charge in [0.2, 0.25) is 5.95 Å². The molecule has 0 spiro atoms. The van der Waals surface area contributed by atoms with E-state index in [9.17, 15) is 0 Å². The van der Waals surface area contributed by atoms with Crippen LogP contribution in [0.5, 0.6) is 0 Å². The van der Waals surface area contributed by atoms with E-state index in [-0.39, 0.29) is 6.04 Å². The van der Waals surface area contributed by atoms with Crippen molar-refractivity contribution >= 4 is 33.0 Å². The number of rotatable bonds is 3. The van der Waals surface area contributed by atoms with Crippen LogP contribution in [0.1, 0.15) is 18.5 Å². The van der Waals surface area contributed by atoms with Gasteiger partial charge in [-0.05, 0) is 40.9 Å². The molecular weight excluding hydrogens is 316 g/mol. The summed E-state index contributed by atoms with van der Waals surface area (Å²) < 4.78 is 2.90. The van der Waals surface area contributed by atoms with Crippen molar-refractivity contribution in [2.75, 3.05) is 5.73 Å². The maximum Gasteiger partial charge on any atom is 0.202 e. The first-order valence-electron chi connectivity index (χ1n) is 6.48. The number of nitrogen functional groups attached to an aromatic ring is 1. The number of nitrogens with two attached hydrogens (primary N) is 1. The Kier molecular flexibility index (Phi) is 3.44. The maximum atomic E-state index is 6.05. The second kappa shape index (κ2) is 5.25. The van der Waals surface area contributed by atoms with Gasteiger partial charge in [-0.25, -0.2) is 9.97 Å². The fourth-order valence-electron chi connectivity index (χ4n) is 2.46. The van der Waals surface area contributed by atoms with Crippen LogP contribution in [0.15, 0.2) is 47.1 Å². The molecule has 0 aliphatic rings.